The lowest BCUT2D eigenvalue weighted by molar-refractivity contribution is -0.130. The van der Waals surface area contributed by atoms with E-state index in [4.69, 9.17) is 0 Å². The second kappa shape index (κ2) is 5.76. The number of aryl methyl sites for hydroxylation is 2. The Labute approximate surface area is 131 Å². The van der Waals surface area contributed by atoms with E-state index in [0.717, 1.165) is 23.3 Å². The third-order valence-electron chi connectivity index (χ3n) is 4.01. The van der Waals surface area contributed by atoms with Gasteiger partial charge in [-0.05, 0) is 25.0 Å². The van der Waals surface area contributed by atoms with Crippen LogP contribution in [0, 0.1) is 13.8 Å². The Bertz CT molecular complexity index is 749. The van der Waals surface area contributed by atoms with Crippen LogP contribution in [0.3, 0.4) is 0 Å². The summed E-state index contributed by atoms with van der Waals surface area (Å²) >= 11 is 0. The van der Waals surface area contributed by atoms with E-state index in [1.165, 1.54) is 11.1 Å². The Kier molecular flexibility index (Phi) is 3.80. The zero-order valence-corrected chi connectivity index (χ0v) is 13.2. The van der Waals surface area contributed by atoms with Crippen molar-refractivity contribution in [3.63, 3.8) is 0 Å². The van der Waals surface area contributed by atoms with Gasteiger partial charge >= 0.3 is 0 Å². The second-order valence-corrected chi connectivity index (χ2v) is 5.91. The molecule has 0 N–H and O–H groups in total. The number of carbonyl (C=O) groups excluding carboxylic acids is 1. The molecule has 3 heteroatoms. The summed E-state index contributed by atoms with van der Waals surface area (Å²) in [6, 6.07) is 16.6. The first-order valence-electron chi connectivity index (χ1n) is 7.55. The molecule has 0 aliphatic carbocycles. The standard InChI is InChI=1S/C19H20N2O/c1-13-6-4-8-16(10-13)18-12-19(21(20-18)15(3)22)17-9-5-7-14(2)11-17/h4-11,19H,12H2,1-3H3/t19-/m1/s1. The van der Waals surface area contributed by atoms with Gasteiger partial charge in [0.2, 0.25) is 5.91 Å². The highest BCUT2D eigenvalue weighted by Gasteiger charge is 2.31. The maximum Gasteiger partial charge on any atom is 0.240 e. The molecule has 112 valence electrons. The van der Waals surface area contributed by atoms with Crippen molar-refractivity contribution < 1.29 is 4.79 Å². The molecule has 0 aromatic heterocycles. The van der Waals surface area contributed by atoms with Crippen molar-refractivity contribution in [1.29, 1.82) is 0 Å². The van der Waals surface area contributed by atoms with Gasteiger partial charge < -0.3 is 0 Å². The summed E-state index contributed by atoms with van der Waals surface area (Å²) in [6.07, 6.45) is 0.756. The van der Waals surface area contributed by atoms with Crippen molar-refractivity contribution in [2.24, 2.45) is 5.10 Å². The van der Waals surface area contributed by atoms with Gasteiger partial charge in [0.25, 0.3) is 0 Å². The second-order valence-electron chi connectivity index (χ2n) is 5.91. The Morgan fingerprint density at radius 1 is 1.09 bits per heavy atom. The quantitative estimate of drug-likeness (QED) is 0.823. The molecule has 0 spiro atoms. The molecule has 0 saturated heterocycles. The van der Waals surface area contributed by atoms with Crippen LogP contribution in [0.4, 0.5) is 0 Å². The lowest BCUT2D eigenvalue weighted by Gasteiger charge is -2.20. The number of benzene rings is 2. The van der Waals surface area contributed by atoms with Crippen LogP contribution in [0.5, 0.6) is 0 Å². The summed E-state index contributed by atoms with van der Waals surface area (Å²) in [5, 5.41) is 6.20. The summed E-state index contributed by atoms with van der Waals surface area (Å²) in [5.41, 5.74) is 5.62. The predicted octanol–water partition coefficient (Wildman–Crippen LogP) is 4.00. The zero-order valence-electron chi connectivity index (χ0n) is 13.2. The Hall–Kier alpha value is -2.42. The van der Waals surface area contributed by atoms with Crippen molar-refractivity contribution in [2.45, 2.75) is 33.2 Å². The van der Waals surface area contributed by atoms with E-state index in [2.05, 4.69) is 55.3 Å². The highest BCUT2D eigenvalue weighted by Crippen LogP contribution is 2.33. The number of hydrogen-bond acceptors (Lipinski definition) is 2. The molecule has 2 aromatic carbocycles. The van der Waals surface area contributed by atoms with Gasteiger partial charge in [-0.1, -0.05) is 59.7 Å². The van der Waals surface area contributed by atoms with Gasteiger partial charge in [0, 0.05) is 13.3 Å². The molecule has 0 fully saturated rings. The van der Waals surface area contributed by atoms with Crippen LogP contribution in [0.2, 0.25) is 0 Å². The Morgan fingerprint density at radius 2 is 1.77 bits per heavy atom. The van der Waals surface area contributed by atoms with Crippen LogP contribution < -0.4 is 0 Å². The molecule has 1 heterocycles. The molecular formula is C19H20N2O. The van der Waals surface area contributed by atoms with Gasteiger partial charge in [-0.25, -0.2) is 5.01 Å². The zero-order chi connectivity index (χ0) is 15.7. The number of hydrazone groups is 1. The smallest absolute Gasteiger partial charge is 0.240 e. The van der Waals surface area contributed by atoms with E-state index in [-0.39, 0.29) is 11.9 Å². The fraction of sp³-hybridized carbons (Fsp3) is 0.263. The molecule has 22 heavy (non-hydrogen) atoms. The van der Waals surface area contributed by atoms with Crippen LogP contribution in [0.1, 0.15) is 41.6 Å². The number of amides is 1. The first-order valence-corrected chi connectivity index (χ1v) is 7.55. The van der Waals surface area contributed by atoms with Crippen molar-refractivity contribution in [2.75, 3.05) is 0 Å². The average molecular weight is 292 g/mol. The fourth-order valence-electron chi connectivity index (χ4n) is 2.94. The van der Waals surface area contributed by atoms with Crippen LogP contribution in [0.15, 0.2) is 53.6 Å². The third kappa shape index (κ3) is 2.80. The number of hydrogen-bond donors (Lipinski definition) is 0. The summed E-state index contributed by atoms with van der Waals surface area (Å²) in [7, 11) is 0. The molecule has 1 aliphatic heterocycles. The van der Waals surface area contributed by atoms with E-state index in [1.807, 2.05) is 12.1 Å². The minimum atomic E-state index is -0.0193. The largest absolute Gasteiger partial charge is 0.273 e. The molecule has 0 unspecified atom stereocenters. The molecule has 2 aromatic rings. The van der Waals surface area contributed by atoms with Gasteiger partial charge in [0.15, 0.2) is 0 Å². The van der Waals surface area contributed by atoms with E-state index in [1.54, 1.807) is 11.9 Å². The summed E-state index contributed by atoms with van der Waals surface area (Å²) in [6.45, 7) is 5.71. The number of carbonyl (C=O) groups is 1. The third-order valence-corrected chi connectivity index (χ3v) is 4.01. The molecule has 3 rings (SSSR count). The predicted molar refractivity (Wildman–Crippen MR) is 88.8 cm³/mol. The van der Waals surface area contributed by atoms with Crippen molar-refractivity contribution in [3.05, 3.63) is 70.8 Å². The molecular weight excluding hydrogens is 272 g/mol. The van der Waals surface area contributed by atoms with Gasteiger partial charge in [0.1, 0.15) is 0 Å². The molecule has 0 saturated carbocycles. The Balaban J connectivity index is 1.96. The van der Waals surface area contributed by atoms with E-state index < -0.39 is 0 Å². The van der Waals surface area contributed by atoms with E-state index in [0.29, 0.717) is 0 Å². The topological polar surface area (TPSA) is 32.7 Å². The van der Waals surface area contributed by atoms with E-state index in [9.17, 15) is 4.79 Å². The maximum atomic E-state index is 12.0. The molecule has 1 atom stereocenters. The SMILES string of the molecule is CC(=O)N1N=C(c2cccc(C)c2)C[C@@H]1c1cccc(C)c1. The summed E-state index contributed by atoms with van der Waals surface area (Å²) < 4.78 is 0. The fourth-order valence-corrected chi connectivity index (χ4v) is 2.94. The van der Waals surface area contributed by atoms with Gasteiger partial charge in [0.05, 0.1) is 11.8 Å². The molecule has 3 nitrogen and oxygen atoms in total. The lowest BCUT2D eigenvalue weighted by Crippen LogP contribution is -2.24. The van der Waals surface area contributed by atoms with Gasteiger partial charge in [-0.3, -0.25) is 4.79 Å². The highest BCUT2D eigenvalue weighted by atomic mass is 16.2. The summed E-state index contributed by atoms with van der Waals surface area (Å²) in [4.78, 5) is 12.0. The Morgan fingerprint density at radius 3 is 2.41 bits per heavy atom. The van der Waals surface area contributed by atoms with Crippen molar-refractivity contribution in [1.82, 2.24) is 5.01 Å². The lowest BCUT2D eigenvalue weighted by atomic mass is 9.97. The number of nitrogens with zero attached hydrogens (tertiary/aromatic N) is 2. The highest BCUT2D eigenvalue weighted by molar-refractivity contribution is 6.03. The minimum absolute atomic E-state index is 0.00656. The monoisotopic (exact) mass is 292 g/mol. The van der Waals surface area contributed by atoms with Crippen molar-refractivity contribution >= 4 is 11.6 Å². The van der Waals surface area contributed by atoms with Crippen LogP contribution in [0.25, 0.3) is 0 Å². The molecule has 0 bridgehead atoms. The van der Waals surface area contributed by atoms with E-state index >= 15 is 0 Å². The maximum absolute atomic E-state index is 12.0. The normalized spacial score (nSPS) is 17.5. The minimum Gasteiger partial charge on any atom is -0.273 e. The molecule has 1 aliphatic rings. The average Bonchev–Trinajstić information content (AvgIpc) is 2.92. The number of rotatable bonds is 2. The summed E-state index contributed by atoms with van der Waals surface area (Å²) in [5.74, 6) is -0.0193. The van der Waals surface area contributed by atoms with Crippen LogP contribution >= 0.6 is 0 Å². The molecule has 1 amide bonds. The first kappa shape index (κ1) is 14.5. The first-order chi connectivity index (χ1) is 10.5. The van der Waals surface area contributed by atoms with Crippen LogP contribution in [-0.4, -0.2) is 16.6 Å². The van der Waals surface area contributed by atoms with Crippen LogP contribution in [-0.2, 0) is 4.79 Å². The van der Waals surface area contributed by atoms with Gasteiger partial charge in [-0.2, -0.15) is 5.10 Å². The van der Waals surface area contributed by atoms with Gasteiger partial charge in [-0.15, -0.1) is 0 Å². The van der Waals surface area contributed by atoms with Crippen molar-refractivity contribution in [3.8, 4) is 0 Å². The molecule has 0 radical (unpaired) electrons.